The zero-order valence-corrected chi connectivity index (χ0v) is 19.9. The summed E-state index contributed by atoms with van der Waals surface area (Å²) in [6.45, 7) is 8.89. The highest BCUT2D eigenvalue weighted by atomic mass is 16.7. The van der Waals surface area contributed by atoms with Gasteiger partial charge in [-0.3, -0.25) is 15.0 Å². The molecule has 0 unspecified atom stereocenters. The number of hydrogen-bond donors (Lipinski definition) is 1. The number of carbonyl (C=O) groups is 2. The number of rotatable bonds is 8. The van der Waals surface area contributed by atoms with Gasteiger partial charge in [0.2, 0.25) is 0 Å². The van der Waals surface area contributed by atoms with Crippen molar-refractivity contribution in [2.75, 3.05) is 24.8 Å². The lowest BCUT2D eigenvalue weighted by Crippen LogP contribution is -2.35. The van der Waals surface area contributed by atoms with Crippen molar-refractivity contribution >= 4 is 23.6 Å². The van der Waals surface area contributed by atoms with E-state index in [4.69, 9.17) is 18.9 Å². The first kappa shape index (κ1) is 23.8. The van der Waals surface area contributed by atoms with Gasteiger partial charge in [-0.25, -0.2) is 5.01 Å². The Morgan fingerprint density at radius 1 is 1.15 bits per heavy atom. The number of benzene rings is 2. The van der Waals surface area contributed by atoms with Gasteiger partial charge in [0.1, 0.15) is 29.8 Å². The van der Waals surface area contributed by atoms with E-state index in [1.807, 2.05) is 39.8 Å². The Balaban J connectivity index is 1.63. The van der Waals surface area contributed by atoms with Crippen LogP contribution in [0.25, 0.3) is 6.08 Å². The van der Waals surface area contributed by atoms with Crippen LogP contribution in [0.4, 0.5) is 5.69 Å². The Hall–Kier alpha value is -3.36. The van der Waals surface area contributed by atoms with E-state index >= 15 is 0 Å². The van der Waals surface area contributed by atoms with Gasteiger partial charge in [-0.05, 0) is 57.5 Å². The molecule has 0 bridgehead atoms. The molecule has 0 aromatic heterocycles. The van der Waals surface area contributed by atoms with Gasteiger partial charge in [-0.1, -0.05) is 25.1 Å². The Kier molecular flexibility index (Phi) is 6.90. The summed E-state index contributed by atoms with van der Waals surface area (Å²) in [6.07, 6.45) is 2.19. The van der Waals surface area contributed by atoms with Crippen LogP contribution < -0.4 is 19.9 Å². The van der Waals surface area contributed by atoms with Crippen LogP contribution in [0.5, 0.6) is 11.5 Å². The lowest BCUT2D eigenvalue weighted by Gasteiger charge is -2.19. The maximum absolute atomic E-state index is 13.0. The summed E-state index contributed by atoms with van der Waals surface area (Å²) >= 11 is 0. The Morgan fingerprint density at radius 3 is 2.59 bits per heavy atom. The van der Waals surface area contributed by atoms with Crippen molar-refractivity contribution in [1.82, 2.24) is 5.43 Å². The van der Waals surface area contributed by atoms with Gasteiger partial charge in [0.15, 0.2) is 5.79 Å². The first-order chi connectivity index (χ1) is 16.3. The van der Waals surface area contributed by atoms with Crippen LogP contribution in [0.1, 0.15) is 38.3 Å². The molecule has 2 aliphatic heterocycles. The number of hydrogen-bond acceptors (Lipinski definition) is 6. The third kappa shape index (κ3) is 5.08. The van der Waals surface area contributed by atoms with Gasteiger partial charge in [0.25, 0.3) is 11.8 Å². The third-order valence-electron chi connectivity index (χ3n) is 5.53. The van der Waals surface area contributed by atoms with Crippen LogP contribution in [-0.2, 0) is 19.1 Å². The predicted octanol–water partition coefficient (Wildman–Crippen LogP) is 3.78. The number of amides is 2. The quantitative estimate of drug-likeness (QED) is 0.471. The molecule has 1 N–H and O–H groups in total. The predicted molar refractivity (Wildman–Crippen MR) is 127 cm³/mol. The van der Waals surface area contributed by atoms with Crippen molar-refractivity contribution in [2.24, 2.45) is 0 Å². The van der Waals surface area contributed by atoms with Gasteiger partial charge >= 0.3 is 0 Å². The summed E-state index contributed by atoms with van der Waals surface area (Å²) in [5.41, 5.74) is 4.62. The van der Waals surface area contributed by atoms with Gasteiger partial charge in [-0.15, -0.1) is 0 Å². The zero-order chi connectivity index (χ0) is 24.3. The Bertz CT molecular complexity index is 1100. The SMILES string of the molecule is CCCOc1ccc(C=C2C(=O)NN(c3ccccc3)C2=O)c(OC[C@@H]2COC(C)(C)O2)c1C. The van der Waals surface area contributed by atoms with Gasteiger partial charge in [0.05, 0.1) is 18.9 Å². The fourth-order valence-corrected chi connectivity index (χ4v) is 3.86. The van der Waals surface area contributed by atoms with Crippen molar-refractivity contribution in [3.05, 3.63) is 59.2 Å². The molecule has 0 saturated carbocycles. The fourth-order valence-electron chi connectivity index (χ4n) is 3.86. The maximum Gasteiger partial charge on any atom is 0.282 e. The second-order valence-corrected chi connectivity index (χ2v) is 8.69. The van der Waals surface area contributed by atoms with E-state index in [2.05, 4.69) is 5.43 Å². The Labute approximate surface area is 199 Å². The minimum absolute atomic E-state index is 0.0249. The van der Waals surface area contributed by atoms with Crippen molar-refractivity contribution in [2.45, 2.75) is 46.0 Å². The maximum atomic E-state index is 13.0. The van der Waals surface area contributed by atoms with E-state index in [1.54, 1.807) is 36.4 Å². The molecule has 2 aromatic carbocycles. The van der Waals surface area contributed by atoms with Crippen LogP contribution in [0, 0.1) is 6.92 Å². The normalized spacial score (nSPS) is 20.6. The van der Waals surface area contributed by atoms with E-state index < -0.39 is 17.6 Å². The topological polar surface area (TPSA) is 86.3 Å². The van der Waals surface area contributed by atoms with Crippen molar-refractivity contribution in [3.8, 4) is 11.5 Å². The largest absolute Gasteiger partial charge is 0.493 e. The molecule has 2 saturated heterocycles. The molecule has 34 heavy (non-hydrogen) atoms. The number of carbonyl (C=O) groups excluding carboxylic acids is 2. The summed E-state index contributed by atoms with van der Waals surface area (Å²) in [4.78, 5) is 25.7. The number of ether oxygens (including phenoxy) is 4. The summed E-state index contributed by atoms with van der Waals surface area (Å²) < 4.78 is 23.5. The standard InChI is InChI=1S/C26H30N2O6/c1-5-13-31-22-12-11-18(23(17(22)2)32-15-20-16-33-26(3,4)34-20)14-21-24(29)27-28(25(21)30)19-9-7-6-8-10-19/h6-12,14,20H,5,13,15-16H2,1-4H3,(H,27,29)/t20-/m1/s1. The van der Waals surface area contributed by atoms with E-state index in [0.717, 1.165) is 12.0 Å². The molecule has 2 aliphatic rings. The first-order valence-corrected chi connectivity index (χ1v) is 11.4. The molecule has 2 aromatic rings. The molecule has 8 nitrogen and oxygen atoms in total. The molecule has 180 valence electrons. The van der Waals surface area contributed by atoms with Crippen molar-refractivity contribution in [1.29, 1.82) is 0 Å². The monoisotopic (exact) mass is 466 g/mol. The lowest BCUT2D eigenvalue weighted by molar-refractivity contribution is -0.141. The van der Waals surface area contributed by atoms with Crippen LogP contribution in [-0.4, -0.2) is 43.5 Å². The number of nitrogens with zero attached hydrogens (tertiary/aromatic N) is 1. The molecule has 0 spiro atoms. The number of para-hydroxylation sites is 1. The summed E-state index contributed by atoms with van der Waals surface area (Å²) in [5.74, 6) is -0.336. The second kappa shape index (κ2) is 9.87. The van der Waals surface area contributed by atoms with Crippen LogP contribution in [0.2, 0.25) is 0 Å². The molecule has 2 amide bonds. The van der Waals surface area contributed by atoms with E-state index in [0.29, 0.717) is 36.0 Å². The molecular weight excluding hydrogens is 436 g/mol. The summed E-state index contributed by atoms with van der Waals surface area (Å²) in [6, 6.07) is 12.6. The van der Waals surface area contributed by atoms with Gasteiger partial charge in [-0.2, -0.15) is 0 Å². The minimum Gasteiger partial charge on any atom is -0.493 e. The van der Waals surface area contributed by atoms with Crippen LogP contribution in [0.3, 0.4) is 0 Å². The van der Waals surface area contributed by atoms with E-state index in [9.17, 15) is 9.59 Å². The van der Waals surface area contributed by atoms with E-state index in [-0.39, 0.29) is 18.3 Å². The molecular formula is C26H30N2O6. The average molecular weight is 467 g/mol. The summed E-state index contributed by atoms with van der Waals surface area (Å²) in [5, 5.41) is 1.24. The number of hydrazine groups is 1. The zero-order valence-electron chi connectivity index (χ0n) is 19.9. The molecule has 8 heteroatoms. The number of anilines is 1. The highest BCUT2D eigenvalue weighted by molar-refractivity contribution is 6.31. The van der Waals surface area contributed by atoms with Crippen LogP contribution in [0.15, 0.2) is 48.0 Å². The highest BCUT2D eigenvalue weighted by Crippen LogP contribution is 2.35. The molecule has 4 rings (SSSR count). The average Bonchev–Trinajstić information content (AvgIpc) is 3.31. The molecule has 2 heterocycles. The van der Waals surface area contributed by atoms with Gasteiger partial charge in [0, 0.05) is 11.1 Å². The van der Waals surface area contributed by atoms with E-state index in [1.165, 1.54) is 5.01 Å². The fraction of sp³-hybridized carbons (Fsp3) is 0.385. The van der Waals surface area contributed by atoms with Gasteiger partial charge < -0.3 is 18.9 Å². The summed E-state index contributed by atoms with van der Waals surface area (Å²) in [7, 11) is 0. The molecule has 0 radical (unpaired) electrons. The number of nitrogens with one attached hydrogen (secondary N) is 1. The first-order valence-electron chi connectivity index (χ1n) is 11.4. The smallest absolute Gasteiger partial charge is 0.282 e. The third-order valence-corrected chi connectivity index (χ3v) is 5.53. The lowest BCUT2D eigenvalue weighted by atomic mass is 10.0. The molecule has 0 aliphatic carbocycles. The van der Waals surface area contributed by atoms with Crippen LogP contribution >= 0.6 is 0 Å². The molecule has 2 fully saturated rings. The van der Waals surface area contributed by atoms with Crippen molar-refractivity contribution in [3.63, 3.8) is 0 Å². The highest BCUT2D eigenvalue weighted by Gasteiger charge is 2.35. The minimum atomic E-state index is -0.658. The Morgan fingerprint density at radius 2 is 1.91 bits per heavy atom. The molecule has 1 atom stereocenters. The van der Waals surface area contributed by atoms with Crippen molar-refractivity contribution < 1.29 is 28.5 Å². The second-order valence-electron chi connectivity index (χ2n) is 8.69.